The molecular weight excluding hydrogens is 350 g/mol. The summed E-state index contributed by atoms with van der Waals surface area (Å²) in [6.07, 6.45) is 4.16. The fraction of sp³-hybridized carbons (Fsp3) is 0.409. The SMILES string of the molecule is Cc1ccnc(-c2nc3ccc(N4CCN5CCC4CC5)cc3c(=O)n2C)c1. The van der Waals surface area contributed by atoms with Crippen LogP contribution < -0.4 is 10.5 Å². The first-order chi connectivity index (χ1) is 13.6. The molecule has 144 valence electrons. The Kier molecular flexibility index (Phi) is 4.16. The molecule has 0 spiro atoms. The third-order valence-corrected chi connectivity index (χ3v) is 6.19. The van der Waals surface area contributed by atoms with Gasteiger partial charge in [-0.1, -0.05) is 0 Å². The quantitative estimate of drug-likeness (QED) is 0.689. The molecule has 28 heavy (non-hydrogen) atoms. The van der Waals surface area contributed by atoms with Crippen molar-refractivity contribution in [3.63, 3.8) is 0 Å². The number of rotatable bonds is 2. The van der Waals surface area contributed by atoms with E-state index in [9.17, 15) is 4.79 Å². The van der Waals surface area contributed by atoms with Crippen LogP contribution >= 0.6 is 0 Å². The predicted molar refractivity (Wildman–Crippen MR) is 112 cm³/mol. The van der Waals surface area contributed by atoms with Crippen molar-refractivity contribution >= 4 is 16.6 Å². The lowest BCUT2D eigenvalue weighted by atomic mass is 10.0. The normalized spacial score (nSPS) is 21.9. The lowest BCUT2D eigenvalue weighted by Crippen LogP contribution is -2.38. The average molecular weight is 375 g/mol. The number of aryl methyl sites for hydroxylation is 1. The maximum Gasteiger partial charge on any atom is 0.261 e. The van der Waals surface area contributed by atoms with Crippen LogP contribution in [0.3, 0.4) is 0 Å². The Labute approximate surface area is 164 Å². The van der Waals surface area contributed by atoms with Crippen LogP contribution in [0.4, 0.5) is 5.69 Å². The number of hydrogen-bond donors (Lipinski definition) is 0. The van der Waals surface area contributed by atoms with Crippen LogP contribution in [0.25, 0.3) is 22.4 Å². The van der Waals surface area contributed by atoms with Gasteiger partial charge in [-0.2, -0.15) is 0 Å². The van der Waals surface area contributed by atoms with Gasteiger partial charge in [0.25, 0.3) is 5.56 Å². The van der Waals surface area contributed by atoms with E-state index in [4.69, 9.17) is 4.98 Å². The molecule has 1 aromatic carbocycles. The number of anilines is 1. The van der Waals surface area contributed by atoms with E-state index >= 15 is 0 Å². The number of fused-ring (bicyclic) bond motifs is 5. The molecule has 3 aliphatic heterocycles. The Bertz CT molecular complexity index is 1100. The van der Waals surface area contributed by atoms with Crippen molar-refractivity contribution in [1.82, 2.24) is 19.4 Å². The van der Waals surface area contributed by atoms with E-state index in [1.807, 2.05) is 31.2 Å². The molecule has 3 aliphatic rings. The van der Waals surface area contributed by atoms with Crippen LogP contribution in [0.5, 0.6) is 0 Å². The molecule has 0 unspecified atom stereocenters. The molecule has 0 saturated carbocycles. The van der Waals surface area contributed by atoms with Gasteiger partial charge in [-0.3, -0.25) is 14.3 Å². The summed E-state index contributed by atoms with van der Waals surface area (Å²) in [6.45, 7) is 6.51. The molecule has 0 atom stereocenters. The number of pyridine rings is 1. The molecule has 3 fully saturated rings. The van der Waals surface area contributed by atoms with Gasteiger partial charge in [0.15, 0.2) is 5.82 Å². The molecule has 5 heterocycles. The van der Waals surface area contributed by atoms with Crippen molar-refractivity contribution in [1.29, 1.82) is 0 Å². The van der Waals surface area contributed by atoms with Gasteiger partial charge in [0, 0.05) is 51.2 Å². The Morgan fingerprint density at radius 3 is 2.64 bits per heavy atom. The predicted octanol–water partition coefficient (Wildman–Crippen LogP) is 2.59. The molecule has 0 N–H and O–H groups in total. The standard InChI is InChI=1S/C22H25N5O/c1-15-5-8-23-20(13-15)21-24-19-4-3-17(14-18(19)22(28)25(21)2)27-12-11-26-9-6-16(27)7-10-26/h3-5,8,13-14,16H,6-7,9-12H2,1-2H3. The summed E-state index contributed by atoms with van der Waals surface area (Å²) < 4.78 is 1.62. The maximum atomic E-state index is 13.1. The zero-order valence-electron chi connectivity index (χ0n) is 16.4. The molecule has 0 amide bonds. The lowest BCUT2D eigenvalue weighted by Gasteiger charge is -2.33. The zero-order chi connectivity index (χ0) is 19.3. The molecule has 2 aromatic heterocycles. The average Bonchev–Trinajstić information content (AvgIpc) is 3.04. The first-order valence-corrected chi connectivity index (χ1v) is 10.0. The van der Waals surface area contributed by atoms with Crippen LogP contribution in [0.1, 0.15) is 18.4 Å². The van der Waals surface area contributed by atoms with Crippen molar-refractivity contribution in [2.45, 2.75) is 25.8 Å². The summed E-state index contributed by atoms with van der Waals surface area (Å²) in [5.41, 5.74) is 3.67. The van der Waals surface area contributed by atoms with E-state index in [2.05, 4.69) is 20.9 Å². The number of nitrogens with zero attached hydrogens (tertiary/aromatic N) is 5. The van der Waals surface area contributed by atoms with Gasteiger partial charge in [0.2, 0.25) is 0 Å². The smallest absolute Gasteiger partial charge is 0.261 e. The highest BCUT2D eigenvalue weighted by molar-refractivity contribution is 5.83. The highest BCUT2D eigenvalue weighted by Gasteiger charge is 2.29. The minimum atomic E-state index is -0.0203. The van der Waals surface area contributed by atoms with Crippen LogP contribution in [0, 0.1) is 6.92 Å². The number of benzene rings is 1. The van der Waals surface area contributed by atoms with Gasteiger partial charge in [-0.25, -0.2) is 4.98 Å². The number of piperidine rings is 1. The molecule has 3 saturated heterocycles. The lowest BCUT2D eigenvalue weighted by molar-refractivity contribution is 0.250. The molecule has 6 heteroatoms. The Morgan fingerprint density at radius 2 is 1.86 bits per heavy atom. The van der Waals surface area contributed by atoms with E-state index in [-0.39, 0.29) is 5.56 Å². The van der Waals surface area contributed by atoms with Crippen molar-refractivity contribution in [2.75, 3.05) is 31.1 Å². The summed E-state index contributed by atoms with van der Waals surface area (Å²) in [5.74, 6) is 0.607. The van der Waals surface area contributed by atoms with Gasteiger partial charge in [0.05, 0.1) is 10.9 Å². The van der Waals surface area contributed by atoms with Crippen LogP contribution in [-0.4, -0.2) is 51.7 Å². The van der Waals surface area contributed by atoms with Gasteiger partial charge < -0.3 is 9.80 Å². The van der Waals surface area contributed by atoms with E-state index in [0.717, 1.165) is 35.6 Å². The minimum absolute atomic E-state index is 0.0203. The maximum absolute atomic E-state index is 13.1. The van der Waals surface area contributed by atoms with Crippen molar-refractivity contribution in [2.24, 2.45) is 7.05 Å². The van der Waals surface area contributed by atoms with Gasteiger partial charge in [-0.05, 0) is 55.7 Å². The molecule has 0 aliphatic carbocycles. The number of aromatic nitrogens is 3. The summed E-state index contributed by atoms with van der Waals surface area (Å²) in [4.78, 5) is 27.4. The zero-order valence-corrected chi connectivity index (χ0v) is 16.4. The van der Waals surface area contributed by atoms with Crippen LogP contribution in [0.15, 0.2) is 41.3 Å². The second-order valence-corrected chi connectivity index (χ2v) is 7.99. The monoisotopic (exact) mass is 375 g/mol. The summed E-state index contributed by atoms with van der Waals surface area (Å²) in [6, 6.07) is 10.6. The van der Waals surface area contributed by atoms with E-state index in [0.29, 0.717) is 17.3 Å². The fourth-order valence-electron chi connectivity index (χ4n) is 4.55. The highest BCUT2D eigenvalue weighted by Crippen LogP contribution is 2.28. The molecule has 6 nitrogen and oxygen atoms in total. The third kappa shape index (κ3) is 2.88. The fourth-order valence-corrected chi connectivity index (χ4v) is 4.55. The number of hydrogen-bond acceptors (Lipinski definition) is 5. The highest BCUT2D eigenvalue weighted by atomic mass is 16.1. The van der Waals surface area contributed by atoms with Crippen LogP contribution in [0.2, 0.25) is 0 Å². The summed E-state index contributed by atoms with van der Waals surface area (Å²) >= 11 is 0. The van der Waals surface area contributed by atoms with Gasteiger partial charge in [0.1, 0.15) is 5.69 Å². The van der Waals surface area contributed by atoms with E-state index in [1.165, 1.54) is 25.9 Å². The van der Waals surface area contributed by atoms with Gasteiger partial charge in [-0.15, -0.1) is 0 Å². The van der Waals surface area contributed by atoms with Crippen molar-refractivity contribution < 1.29 is 0 Å². The first kappa shape index (κ1) is 17.4. The van der Waals surface area contributed by atoms with Crippen molar-refractivity contribution in [3.8, 4) is 11.5 Å². The first-order valence-electron chi connectivity index (χ1n) is 10.0. The molecule has 0 radical (unpaired) electrons. The third-order valence-electron chi connectivity index (χ3n) is 6.19. The van der Waals surface area contributed by atoms with Crippen molar-refractivity contribution in [3.05, 3.63) is 52.4 Å². The van der Waals surface area contributed by atoms with Gasteiger partial charge >= 0.3 is 0 Å². The molecular formula is C22H25N5O. The molecule has 3 aromatic rings. The van der Waals surface area contributed by atoms with Crippen LogP contribution in [-0.2, 0) is 7.05 Å². The second-order valence-electron chi connectivity index (χ2n) is 7.99. The summed E-state index contributed by atoms with van der Waals surface area (Å²) in [7, 11) is 1.78. The summed E-state index contributed by atoms with van der Waals surface area (Å²) in [5, 5.41) is 0.676. The molecule has 2 bridgehead atoms. The second kappa shape index (κ2) is 6.71. The Balaban J connectivity index is 1.60. The van der Waals surface area contributed by atoms with E-state index < -0.39 is 0 Å². The largest absolute Gasteiger partial charge is 0.367 e. The minimum Gasteiger partial charge on any atom is -0.367 e. The Morgan fingerprint density at radius 1 is 1.04 bits per heavy atom. The topological polar surface area (TPSA) is 54.3 Å². The molecule has 6 rings (SSSR count). The Hall–Kier alpha value is -2.73. The van der Waals surface area contributed by atoms with E-state index in [1.54, 1.807) is 17.8 Å².